The van der Waals surface area contributed by atoms with E-state index in [1.54, 1.807) is 0 Å². The molecule has 2 rings (SSSR count). The predicted octanol–water partition coefficient (Wildman–Crippen LogP) is 3.11. The van der Waals surface area contributed by atoms with Gasteiger partial charge in [0.2, 0.25) is 0 Å². The average Bonchev–Trinajstić information content (AvgIpc) is 3.18. The van der Waals surface area contributed by atoms with Crippen LogP contribution in [0.25, 0.3) is 0 Å². The molecule has 3 nitrogen and oxygen atoms in total. The van der Waals surface area contributed by atoms with Gasteiger partial charge >= 0.3 is 0 Å². The summed E-state index contributed by atoms with van der Waals surface area (Å²) in [6.07, 6.45) is 2.70. The highest BCUT2D eigenvalue weighted by atomic mass is 16.3. The summed E-state index contributed by atoms with van der Waals surface area (Å²) < 4.78 is 0. The van der Waals surface area contributed by atoms with E-state index in [1.165, 1.54) is 12.8 Å². The van der Waals surface area contributed by atoms with Crippen LogP contribution in [0.3, 0.4) is 0 Å². The lowest BCUT2D eigenvalue weighted by Gasteiger charge is -2.26. The van der Waals surface area contributed by atoms with Gasteiger partial charge in [0, 0.05) is 24.2 Å². The standard InChI is InChI=1S/C16H26N2O/c1-5-18(10-12-6-7-12)15-9-13(11-19)8-14(17-15)16(2,3)4/h8-9,12,19H,5-7,10-11H2,1-4H3. The normalized spacial score (nSPS) is 15.6. The van der Waals surface area contributed by atoms with Crippen molar-refractivity contribution < 1.29 is 5.11 Å². The molecular weight excluding hydrogens is 236 g/mol. The van der Waals surface area contributed by atoms with Crippen LogP contribution >= 0.6 is 0 Å². The molecule has 19 heavy (non-hydrogen) atoms. The molecule has 0 spiro atoms. The highest BCUT2D eigenvalue weighted by Crippen LogP contribution is 2.32. The molecule has 1 fully saturated rings. The molecule has 1 heterocycles. The molecule has 3 heteroatoms. The summed E-state index contributed by atoms with van der Waals surface area (Å²) in [4.78, 5) is 7.16. The molecule has 1 aliphatic rings. The van der Waals surface area contributed by atoms with Crippen molar-refractivity contribution in [3.8, 4) is 0 Å². The van der Waals surface area contributed by atoms with E-state index in [0.717, 1.165) is 36.1 Å². The van der Waals surface area contributed by atoms with E-state index in [4.69, 9.17) is 4.98 Å². The summed E-state index contributed by atoms with van der Waals surface area (Å²) in [7, 11) is 0. The van der Waals surface area contributed by atoms with Gasteiger partial charge in [-0.25, -0.2) is 4.98 Å². The van der Waals surface area contributed by atoms with E-state index < -0.39 is 0 Å². The fourth-order valence-electron chi connectivity index (χ4n) is 2.21. The Labute approximate surface area is 116 Å². The Morgan fingerprint density at radius 3 is 2.47 bits per heavy atom. The Balaban J connectivity index is 2.31. The van der Waals surface area contributed by atoms with Gasteiger partial charge in [-0.1, -0.05) is 20.8 Å². The maximum Gasteiger partial charge on any atom is 0.129 e. The molecule has 1 aromatic heterocycles. The number of aliphatic hydroxyl groups excluding tert-OH is 1. The summed E-state index contributed by atoms with van der Waals surface area (Å²) in [5.74, 6) is 1.86. The highest BCUT2D eigenvalue weighted by Gasteiger charge is 2.25. The lowest BCUT2D eigenvalue weighted by atomic mass is 9.91. The molecule has 1 N–H and O–H groups in total. The van der Waals surface area contributed by atoms with Crippen molar-refractivity contribution >= 4 is 5.82 Å². The van der Waals surface area contributed by atoms with Crippen molar-refractivity contribution in [3.05, 3.63) is 23.4 Å². The predicted molar refractivity (Wildman–Crippen MR) is 79.5 cm³/mol. The summed E-state index contributed by atoms with van der Waals surface area (Å²) in [5, 5.41) is 9.45. The van der Waals surface area contributed by atoms with Crippen LogP contribution in [0.1, 0.15) is 51.8 Å². The molecule has 0 amide bonds. The third kappa shape index (κ3) is 3.69. The smallest absolute Gasteiger partial charge is 0.129 e. The maximum atomic E-state index is 9.45. The van der Waals surface area contributed by atoms with Crippen molar-refractivity contribution in [1.29, 1.82) is 0 Å². The van der Waals surface area contributed by atoms with Gasteiger partial charge in [-0.05, 0) is 43.4 Å². The van der Waals surface area contributed by atoms with Gasteiger partial charge in [0.25, 0.3) is 0 Å². The Morgan fingerprint density at radius 1 is 1.32 bits per heavy atom. The third-order valence-corrected chi connectivity index (χ3v) is 3.70. The van der Waals surface area contributed by atoms with Crippen LogP contribution in [0.15, 0.2) is 12.1 Å². The Hall–Kier alpha value is -1.09. The average molecular weight is 262 g/mol. The first-order valence-corrected chi connectivity index (χ1v) is 7.31. The second kappa shape index (κ2) is 5.49. The maximum absolute atomic E-state index is 9.45. The molecule has 1 saturated carbocycles. The molecule has 0 bridgehead atoms. The van der Waals surface area contributed by atoms with Crippen molar-refractivity contribution in [2.24, 2.45) is 5.92 Å². The van der Waals surface area contributed by atoms with E-state index in [1.807, 2.05) is 12.1 Å². The monoisotopic (exact) mass is 262 g/mol. The van der Waals surface area contributed by atoms with Gasteiger partial charge in [0.05, 0.1) is 6.61 Å². The highest BCUT2D eigenvalue weighted by molar-refractivity contribution is 5.44. The quantitative estimate of drug-likeness (QED) is 0.885. The van der Waals surface area contributed by atoms with Crippen LogP contribution in [0, 0.1) is 5.92 Å². The molecule has 0 unspecified atom stereocenters. The van der Waals surface area contributed by atoms with Crippen LogP contribution in [-0.2, 0) is 12.0 Å². The molecule has 106 valence electrons. The molecular formula is C16H26N2O. The van der Waals surface area contributed by atoms with Crippen molar-refractivity contribution in [2.75, 3.05) is 18.0 Å². The van der Waals surface area contributed by atoms with Gasteiger partial charge in [-0.15, -0.1) is 0 Å². The van der Waals surface area contributed by atoms with Gasteiger partial charge < -0.3 is 10.0 Å². The van der Waals surface area contributed by atoms with E-state index in [-0.39, 0.29) is 12.0 Å². The van der Waals surface area contributed by atoms with Crippen LogP contribution in [0.5, 0.6) is 0 Å². The van der Waals surface area contributed by atoms with Crippen LogP contribution in [0.2, 0.25) is 0 Å². The number of hydrogen-bond acceptors (Lipinski definition) is 3. The van der Waals surface area contributed by atoms with Crippen LogP contribution < -0.4 is 4.90 Å². The fourth-order valence-corrected chi connectivity index (χ4v) is 2.21. The van der Waals surface area contributed by atoms with Crippen LogP contribution in [0.4, 0.5) is 5.82 Å². The minimum absolute atomic E-state index is 0.0128. The number of hydrogen-bond donors (Lipinski definition) is 1. The SMILES string of the molecule is CCN(CC1CC1)c1cc(CO)cc(C(C)(C)C)n1. The van der Waals surface area contributed by atoms with E-state index in [0.29, 0.717) is 0 Å². The summed E-state index contributed by atoms with van der Waals surface area (Å²) in [5.41, 5.74) is 2.03. The van der Waals surface area contributed by atoms with E-state index >= 15 is 0 Å². The van der Waals surface area contributed by atoms with Crippen molar-refractivity contribution in [2.45, 2.75) is 52.6 Å². The first-order chi connectivity index (χ1) is 8.94. The molecule has 0 aromatic carbocycles. The lowest BCUT2D eigenvalue weighted by molar-refractivity contribution is 0.281. The number of pyridine rings is 1. The van der Waals surface area contributed by atoms with Gasteiger partial charge in [0.15, 0.2) is 0 Å². The third-order valence-electron chi connectivity index (χ3n) is 3.70. The first-order valence-electron chi connectivity index (χ1n) is 7.31. The summed E-state index contributed by atoms with van der Waals surface area (Å²) in [6, 6.07) is 4.05. The number of nitrogens with zero attached hydrogens (tertiary/aromatic N) is 2. The van der Waals surface area contributed by atoms with Gasteiger partial charge in [-0.3, -0.25) is 0 Å². The van der Waals surface area contributed by atoms with Crippen molar-refractivity contribution in [3.63, 3.8) is 0 Å². The second-order valence-corrected chi connectivity index (χ2v) is 6.61. The molecule has 0 atom stereocenters. The largest absolute Gasteiger partial charge is 0.392 e. The van der Waals surface area contributed by atoms with Crippen LogP contribution in [-0.4, -0.2) is 23.2 Å². The minimum atomic E-state index is 0.0128. The molecule has 1 aromatic rings. The Bertz CT molecular complexity index is 433. The Morgan fingerprint density at radius 2 is 2.00 bits per heavy atom. The van der Waals surface area contributed by atoms with E-state index in [2.05, 4.69) is 32.6 Å². The first kappa shape index (κ1) is 14.3. The molecule has 0 saturated heterocycles. The fraction of sp³-hybridized carbons (Fsp3) is 0.688. The van der Waals surface area contributed by atoms with Gasteiger partial charge in [-0.2, -0.15) is 0 Å². The topological polar surface area (TPSA) is 36.4 Å². The summed E-state index contributed by atoms with van der Waals surface area (Å²) >= 11 is 0. The Kier molecular flexibility index (Phi) is 4.14. The molecule has 1 aliphatic carbocycles. The number of anilines is 1. The zero-order chi connectivity index (χ0) is 14.0. The lowest BCUT2D eigenvalue weighted by Crippen LogP contribution is -2.27. The molecule has 0 aliphatic heterocycles. The second-order valence-electron chi connectivity index (χ2n) is 6.61. The zero-order valence-electron chi connectivity index (χ0n) is 12.6. The number of rotatable bonds is 5. The van der Waals surface area contributed by atoms with E-state index in [9.17, 15) is 5.11 Å². The number of aromatic nitrogens is 1. The summed E-state index contributed by atoms with van der Waals surface area (Å²) in [6.45, 7) is 10.8. The minimum Gasteiger partial charge on any atom is -0.392 e. The number of aliphatic hydroxyl groups is 1. The van der Waals surface area contributed by atoms with Gasteiger partial charge in [0.1, 0.15) is 5.82 Å². The van der Waals surface area contributed by atoms with Crippen molar-refractivity contribution in [1.82, 2.24) is 4.98 Å². The zero-order valence-corrected chi connectivity index (χ0v) is 12.6. The molecule has 0 radical (unpaired) electrons.